The molecule has 32 heavy (non-hydrogen) atoms. The predicted molar refractivity (Wildman–Crippen MR) is 125 cm³/mol. The largest absolute Gasteiger partial charge is 0.353 e. The number of hydrogen-bond donors (Lipinski definition) is 2. The molecular formula is C24H37N5O3. The van der Waals surface area contributed by atoms with E-state index in [1.54, 1.807) is 4.57 Å². The van der Waals surface area contributed by atoms with Crippen molar-refractivity contribution >= 4 is 17.1 Å². The van der Waals surface area contributed by atoms with Gasteiger partial charge < -0.3 is 9.88 Å². The molecule has 0 aromatic carbocycles. The van der Waals surface area contributed by atoms with E-state index in [9.17, 15) is 14.4 Å². The number of H-pyrrole nitrogens is 1. The number of amides is 1. The Balaban J connectivity index is 1.57. The Bertz CT molecular complexity index is 1050. The zero-order valence-electron chi connectivity index (χ0n) is 19.5. The highest BCUT2D eigenvalue weighted by Crippen LogP contribution is 2.44. The Morgan fingerprint density at radius 3 is 2.31 bits per heavy atom. The predicted octanol–water partition coefficient (Wildman–Crippen LogP) is 3.11. The van der Waals surface area contributed by atoms with E-state index >= 15 is 0 Å². The van der Waals surface area contributed by atoms with Crippen LogP contribution in [-0.2, 0) is 24.3 Å². The molecule has 2 N–H and O–H groups in total. The zero-order chi connectivity index (χ0) is 22.7. The lowest BCUT2D eigenvalue weighted by molar-refractivity contribution is -0.122. The normalized spacial score (nSPS) is 16.2. The molecule has 176 valence electrons. The molecule has 0 aliphatic heterocycles. The van der Waals surface area contributed by atoms with Gasteiger partial charge in [0.2, 0.25) is 5.91 Å². The second-order valence-corrected chi connectivity index (χ2v) is 9.59. The van der Waals surface area contributed by atoms with Crippen molar-refractivity contribution in [2.45, 2.75) is 104 Å². The lowest BCUT2D eigenvalue weighted by atomic mass is 10.1. The first-order chi connectivity index (χ1) is 15.5. The van der Waals surface area contributed by atoms with Crippen LogP contribution in [0.5, 0.6) is 0 Å². The van der Waals surface area contributed by atoms with Crippen molar-refractivity contribution in [3.8, 4) is 0 Å². The monoisotopic (exact) mass is 443 g/mol. The molecule has 2 aromatic rings. The summed E-state index contributed by atoms with van der Waals surface area (Å²) in [5, 5.41) is 3.28. The van der Waals surface area contributed by atoms with E-state index in [0.717, 1.165) is 37.9 Å². The van der Waals surface area contributed by atoms with E-state index in [1.165, 1.54) is 25.7 Å². The number of fused-ring (bicyclic) bond motifs is 1. The summed E-state index contributed by atoms with van der Waals surface area (Å²) in [6, 6.07) is 0.341. The molecule has 2 heterocycles. The van der Waals surface area contributed by atoms with E-state index in [-0.39, 0.29) is 11.5 Å². The number of carbonyl (C=O) groups is 1. The molecule has 4 rings (SSSR count). The van der Waals surface area contributed by atoms with E-state index in [0.29, 0.717) is 55.0 Å². The molecule has 0 radical (unpaired) electrons. The van der Waals surface area contributed by atoms with Crippen LogP contribution in [0.2, 0.25) is 0 Å². The van der Waals surface area contributed by atoms with Crippen LogP contribution in [0.1, 0.15) is 83.9 Å². The molecule has 2 aromatic heterocycles. The minimum Gasteiger partial charge on any atom is -0.353 e. The van der Waals surface area contributed by atoms with Gasteiger partial charge in [0, 0.05) is 32.0 Å². The average Bonchev–Trinajstić information content (AvgIpc) is 3.68. The molecular weight excluding hydrogens is 406 g/mol. The molecule has 2 aliphatic carbocycles. The third kappa shape index (κ3) is 5.15. The Labute approximate surface area is 188 Å². The summed E-state index contributed by atoms with van der Waals surface area (Å²) >= 11 is 0. The summed E-state index contributed by atoms with van der Waals surface area (Å²) in [7, 11) is 0. The topological polar surface area (TPSA) is 102 Å². The van der Waals surface area contributed by atoms with Gasteiger partial charge in [0.1, 0.15) is 5.82 Å². The summed E-state index contributed by atoms with van der Waals surface area (Å²) in [6.07, 6.45) is 10.6. The van der Waals surface area contributed by atoms with Gasteiger partial charge in [0.15, 0.2) is 11.2 Å². The molecule has 0 atom stereocenters. The second kappa shape index (κ2) is 10.0. The molecule has 8 nitrogen and oxygen atoms in total. The average molecular weight is 444 g/mol. The number of nitrogens with one attached hydrogen (secondary N) is 2. The van der Waals surface area contributed by atoms with Gasteiger partial charge in [-0.05, 0) is 50.4 Å². The highest BCUT2D eigenvalue weighted by molar-refractivity contribution is 5.77. The highest BCUT2D eigenvalue weighted by Gasteiger charge is 2.42. The van der Waals surface area contributed by atoms with Crippen LogP contribution in [0.4, 0.5) is 0 Å². The number of aryl methyl sites for hydroxylation is 3. The Morgan fingerprint density at radius 2 is 1.69 bits per heavy atom. The van der Waals surface area contributed by atoms with Gasteiger partial charge in [-0.15, -0.1) is 0 Å². The van der Waals surface area contributed by atoms with Gasteiger partial charge in [-0.1, -0.05) is 33.1 Å². The third-order valence-corrected chi connectivity index (χ3v) is 6.85. The standard InChI is InChI=1S/C24H37N5O3/c1-3-5-7-15-28-18(12-13-19(30)26-20(16-8-9-16)17-10-11-17)25-22-21(28)23(31)27-24(32)29(22)14-6-4-2/h16-17,20H,3-15H2,1-2H3,(H,26,30)(H,27,31,32). The quantitative estimate of drug-likeness (QED) is 0.464. The van der Waals surface area contributed by atoms with Crippen LogP contribution in [-0.4, -0.2) is 31.1 Å². The fourth-order valence-corrected chi connectivity index (χ4v) is 4.71. The third-order valence-electron chi connectivity index (χ3n) is 6.85. The molecule has 0 bridgehead atoms. The first-order valence-corrected chi connectivity index (χ1v) is 12.5. The molecule has 2 aliphatic rings. The number of nitrogens with zero attached hydrogens (tertiary/aromatic N) is 3. The van der Waals surface area contributed by atoms with Crippen molar-refractivity contribution in [2.75, 3.05) is 0 Å². The van der Waals surface area contributed by atoms with E-state index < -0.39 is 5.69 Å². The molecule has 1 amide bonds. The molecule has 0 unspecified atom stereocenters. The molecule has 2 fully saturated rings. The first-order valence-electron chi connectivity index (χ1n) is 12.5. The molecule has 0 saturated heterocycles. The van der Waals surface area contributed by atoms with Gasteiger partial charge in [0.25, 0.3) is 5.56 Å². The fourth-order valence-electron chi connectivity index (χ4n) is 4.71. The van der Waals surface area contributed by atoms with E-state index in [1.807, 2.05) is 4.57 Å². The van der Waals surface area contributed by atoms with Gasteiger partial charge in [-0.2, -0.15) is 0 Å². The number of aromatic nitrogens is 4. The zero-order valence-corrected chi connectivity index (χ0v) is 19.5. The fraction of sp³-hybridized carbons (Fsp3) is 0.750. The molecule has 8 heteroatoms. The van der Waals surface area contributed by atoms with E-state index in [2.05, 4.69) is 24.1 Å². The van der Waals surface area contributed by atoms with Crippen LogP contribution >= 0.6 is 0 Å². The lowest BCUT2D eigenvalue weighted by Crippen LogP contribution is -2.38. The Hall–Kier alpha value is -2.38. The maximum Gasteiger partial charge on any atom is 0.330 e. The minimum absolute atomic E-state index is 0.0678. The number of hydrogen-bond acceptors (Lipinski definition) is 4. The Kier molecular flexibility index (Phi) is 7.16. The first kappa shape index (κ1) is 22.8. The summed E-state index contributed by atoms with van der Waals surface area (Å²) in [5.41, 5.74) is 0.115. The van der Waals surface area contributed by atoms with Crippen LogP contribution in [0, 0.1) is 11.8 Å². The van der Waals surface area contributed by atoms with E-state index in [4.69, 9.17) is 4.98 Å². The summed E-state index contributed by atoms with van der Waals surface area (Å²) in [4.78, 5) is 45.1. The van der Waals surface area contributed by atoms with Crippen molar-refractivity contribution in [2.24, 2.45) is 11.8 Å². The second-order valence-electron chi connectivity index (χ2n) is 9.59. The Morgan fingerprint density at radius 1 is 1.03 bits per heavy atom. The SMILES string of the molecule is CCCCCn1c(CCC(=O)NC(C2CC2)C2CC2)nc2c1c(=O)[nH]c(=O)n2CCCC. The van der Waals surface area contributed by atoms with Crippen LogP contribution in [0.3, 0.4) is 0 Å². The minimum atomic E-state index is -0.407. The number of rotatable bonds is 13. The van der Waals surface area contributed by atoms with Crippen molar-refractivity contribution < 1.29 is 4.79 Å². The number of unbranched alkanes of at least 4 members (excludes halogenated alkanes) is 3. The van der Waals surface area contributed by atoms with Crippen molar-refractivity contribution in [1.29, 1.82) is 0 Å². The van der Waals surface area contributed by atoms with Gasteiger partial charge in [0.05, 0.1) is 0 Å². The lowest BCUT2D eigenvalue weighted by Gasteiger charge is -2.17. The summed E-state index contributed by atoms with van der Waals surface area (Å²) < 4.78 is 3.52. The maximum atomic E-state index is 12.7. The van der Waals surface area contributed by atoms with Crippen molar-refractivity contribution in [3.63, 3.8) is 0 Å². The van der Waals surface area contributed by atoms with Crippen molar-refractivity contribution in [1.82, 2.24) is 24.4 Å². The maximum absolute atomic E-state index is 12.7. The number of carbonyl (C=O) groups excluding carboxylic acids is 1. The molecule has 2 saturated carbocycles. The number of imidazole rings is 1. The van der Waals surface area contributed by atoms with Crippen LogP contribution in [0.25, 0.3) is 11.2 Å². The van der Waals surface area contributed by atoms with Crippen molar-refractivity contribution in [3.05, 3.63) is 26.7 Å². The summed E-state index contributed by atoms with van der Waals surface area (Å²) in [6.45, 7) is 5.41. The van der Waals surface area contributed by atoms with Crippen LogP contribution in [0.15, 0.2) is 9.59 Å². The number of aromatic amines is 1. The van der Waals surface area contributed by atoms with Gasteiger partial charge in [-0.25, -0.2) is 9.78 Å². The smallest absolute Gasteiger partial charge is 0.330 e. The van der Waals surface area contributed by atoms with Gasteiger partial charge >= 0.3 is 5.69 Å². The summed E-state index contributed by atoms with van der Waals surface area (Å²) in [5.74, 6) is 2.12. The molecule has 0 spiro atoms. The highest BCUT2D eigenvalue weighted by atomic mass is 16.2. The van der Waals surface area contributed by atoms with Gasteiger partial charge in [-0.3, -0.25) is 19.1 Å². The van der Waals surface area contributed by atoms with Crippen LogP contribution < -0.4 is 16.6 Å².